The number of para-hydroxylation sites is 1. The molecule has 0 bridgehead atoms. The number of piperidine rings is 1. The van der Waals surface area contributed by atoms with Crippen LogP contribution in [0.3, 0.4) is 0 Å². The van der Waals surface area contributed by atoms with Crippen LogP contribution in [0, 0.1) is 0 Å². The summed E-state index contributed by atoms with van der Waals surface area (Å²) in [6.07, 6.45) is 9.93. The van der Waals surface area contributed by atoms with Gasteiger partial charge in [0.05, 0.1) is 24.3 Å². The van der Waals surface area contributed by atoms with Gasteiger partial charge >= 0.3 is 0 Å². The Bertz CT molecular complexity index is 838. The van der Waals surface area contributed by atoms with Gasteiger partial charge in [0.25, 0.3) is 0 Å². The first-order valence-electron chi connectivity index (χ1n) is 8.39. The zero-order valence-corrected chi connectivity index (χ0v) is 13.5. The molecule has 3 heterocycles. The minimum Gasteiger partial charge on any atom is -0.340 e. The molecule has 5 heteroatoms. The van der Waals surface area contributed by atoms with Crippen molar-refractivity contribution in [2.45, 2.75) is 25.3 Å². The van der Waals surface area contributed by atoms with Crippen molar-refractivity contribution in [1.29, 1.82) is 0 Å². The standard InChI is InChI=1S/C19H20N4O/c24-18(12-16-5-1-4-15-6-2-8-21-19(15)16)22-10-3-7-17(13-22)23-11-9-20-14-23/h1-2,4-6,8-9,11,14,17H,3,7,10,12-13H2/t17-/m0/s1. The van der Waals surface area contributed by atoms with Gasteiger partial charge in [0.2, 0.25) is 5.91 Å². The molecule has 24 heavy (non-hydrogen) atoms. The summed E-state index contributed by atoms with van der Waals surface area (Å²) in [6, 6.07) is 10.3. The van der Waals surface area contributed by atoms with E-state index in [1.165, 1.54) is 0 Å². The highest BCUT2D eigenvalue weighted by atomic mass is 16.2. The van der Waals surface area contributed by atoms with E-state index < -0.39 is 0 Å². The third kappa shape index (κ3) is 2.89. The number of hydrogen-bond donors (Lipinski definition) is 0. The number of imidazole rings is 1. The first-order chi connectivity index (χ1) is 11.8. The van der Waals surface area contributed by atoms with Gasteiger partial charge in [-0.2, -0.15) is 0 Å². The normalized spacial score (nSPS) is 18.0. The van der Waals surface area contributed by atoms with E-state index in [9.17, 15) is 4.79 Å². The first-order valence-corrected chi connectivity index (χ1v) is 8.39. The van der Waals surface area contributed by atoms with Crippen LogP contribution >= 0.6 is 0 Å². The molecule has 0 N–H and O–H groups in total. The smallest absolute Gasteiger partial charge is 0.227 e. The van der Waals surface area contributed by atoms with Crippen molar-refractivity contribution in [2.75, 3.05) is 13.1 Å². The summed E-state index contributed by atoms with van der Waals surface area (Å²) in [7, 11) is 0. The topological polar surface area (TPSA) is 51.0 Å². The Kier molecular flexibility index (Phi) is 3.99. The fraction of sp³-hybridized carbons (Fsp3) is 0.316. The first kappa shape index (κ1) is 14.9. The van der Waals surface area contributed by atoms with Crippen LogP contribution in [0.1, 0.15) is 24.4 Å². The lowest BCUT2D eigenvalue weighted by molar-refractivity contribution is -0.132. The van der Waals surface area contributed by atoms with E-state index in [4.69, 9.17) is 0 Å². The molecule has 5 nitrogen and oxygen atoms in total. The molecule has 4 rings (SSSR count). The van der Waals surface area contributed by atoms with Crippen LogP contribution in [-0.2, 0) is 11.2 Å². The Morgan fingerprint density at radius 1 is 1.21 bits per heavy atom. The van der Waals surface area contributed by atoms with Crippen molar-refractivity contribution in [2.24, 2.45) is 0 Å². The van der Waals surface area contributed by atoms with Crippen molar-refractivity contribution in [3.63, 3.8) is 0 Å². The largest absolute Gasteiger partial charge is 0.340 e. The van der Waals surface area contributed by atoms with Crippen molar-refractivity contribution in [3.05, 3.63) is 60.8 Å². The van der Waals surface area contributed by atoms with Gasteiger partial charge in [-0.1, -0.05) is 24.3 Å². The van der Waals surface area contributed by atoms with Crippen molar-refractivity contribution in [1.82, 2.24) is 19.4 Å². The lowest BCUT2D eigenvalue weighted by atomic mass is 10.0. The fourth-order valence-electron chi connectivity index (χ4n) is 3.49. The van der Waals surface area contributed by atoms with E-state index in [0.29, 0.717) is 12.5 Å². The van der Waals surface area contributed by atoms with Crippen molar-refractivity contribution in [3.8, 4) is 0 Å². The third-order valence-electron chi connectivity index (χ3n) is 4.75. The Hall–Kier alpha value is -2.69. The third-order valence-corrected chi connectivity index (χ3v) is 4.75. The van der Waals surface area contributed by atoms with Gasteiger partial charge in [-0.25, -0.2) is 4.98 Å². The summed E-state index contributed by atoms with van der Waals surface area (Å²) >= 11 is 0. The molecular weight excluding hydrogens is 300 g/mol. The quantitative estimate of drug-likeness (QED) is 0.745. The van der Waals surface area contributed by atoms with Gasteiger partial charge in [0.1, 0.15) is 0 Å². The maximum Gasteiger partial charge on any atom is 0.227 e. The average Bonchev–Trinajstić information content (AvgIpc) is 3.17. The average molecular weight is 320 g/mol. The highest BCUT2D eigenvalue weighted by Gasteiger charge is 2.24. The molecule has 0 saturated carbocycles. The summed E-state index contributed by atoms with van der Waals surface area (Å²) in [5.41, 5.74) is 1.93. The molecule has 0 unspecified atom stereocenters. The molecule has 1 aliphatic rings. The second-order valence-corrected chi connectivity index (χ2v) is 6.31. The fourth-order valence-corrected chi connectivity index (χ4v) is 3.49. The maximum atomic E-state index is 12.8. The molecule has 1 aliphatic heterocycles. The van der Waals surface area contributed by atoms with Gasteiger partial charge in [-0.05, 0) is 24.5 Å². The summed E-state index contributed by atoms with van der Waals surface area (Å²) < 4.78 is 2.11. The Morgan fingerprint density at radius 2 is 2.12 bits per heavy atom. The van der Waals surface area contributed by atoms with Gasteiger partial charge < -0.3 is 9.47 Å². The zero-order valence-electron chi connectivity index (χ0n) is 13.5. The molecule has 3 aromatic rings. The number of benzene rings is 1. The lowest BCUT2D eigenvalue weighted by Crippen LogP contribution is -2.41. The van der Waals surface area contributed by atoms with Crippen LogP contribution in [0.15, 0.2) is 55.2 Å². The van der Waals surface area contributed by atoms with Crippen molar-refractivity contribution >= 4 is 16.8 Å². The number of hydrogen-bond acceptors (Lipinski definition) is 3. The Morgan fingerprint density at radius 3 is 3.00 bits per heavy atom. The van der Waals surface area contributed by atoms with Crippen LogP contribution in [0.2, 0.25) is 0 Å². The van der Waals surface area contributed by atoms with Gasteiger partial charge in [0.15, 0.2) is 0 Å². The maximum absolute atomic E-state index is 12.8. The number of likely N-dealkylation sites (tertiary alicyclic amines) is 1. The molecule has 1 fully saturated rings. The molecule has 1 aromatic carbocycles. The second-order valence-electron chi connectivity index (χ2n) is 6.31. The van der Waals surface area contributed by atoms with Gasteiger partial charge in [0, 0.05) is 37.1 Å². The van der Waals surface area contributed by atoms with E-state index in [0.717, 1.165) is 42.4 Å². The number of aromatic nitrogens is 3. The molecule has 2 aromatic heterocycles. The monoisotopic (exact) mass is 320 g/mol. The van der Waals surface area contributed by atoms with Crippen molar-refractivity contribution < 1.29 is 4.79 Å². The lowest BCUT2D eigenvalue weighted by Gasteiger charge is -2.33. The molecule has 1 amide bonds. The molecule has 122 valence electrons. The van der Waals surface area contributed by atoms with Crippen LogP contribution in [-0.4, -0.2) is 38.4 Å². The van der Waals surface area contributed by atoms with Crippen LogP contribution in [0.25, 0.3) is 10.9 Å². The van der Waals surface area contributed by atoms with E-state index in [1.807, 2.05) is 47.8 Å². The summed E-state index contributed by atoms with van der Waals surface area (Å²) in [6.45, 7) is 1.59. The Balaban J connectivity index is 1.51. The molecule has 0 spiro atoms. The number of carbonyl (C=O) groups is 1. The molecule has 0 radical (unpaired) electrons. The number of fused-ring (bicyclic) bond motifs is 1. The minimum absolute atomic E-state index is 0.179. The Labute approximate surface area is 140 Å². The van der Waals surface area contributed by atoms with E-state index in [1.54, 1.807) is 12.4 Å². The number of amides is 1. The predicted molar refractivity (Wildman–Crippen MR) is 92.5 cm³/mol. The zero-order chi connectivity index (χ0) is 16.4. The van der Waals surface area contributed by atoms with E-state index >= 15 is 0 Å². The highest BCUT2D eigenvalue weighted by Crippen LogP contribution is 2.23. The van der Waals surface area contributed by atoms with Crippen LogP contribution in [0.4, 0.5) is 0 Å². The van der Waals surface area contributed by atoms with Gasteiger partial charge in [-0.3, -0.25) is 9.78 Å². The van der Waals surface area contributed by atoms with Gasteiger partial charge in [-0.15, -0.1) is 0 Å². The SMILES string of the molecule is O=C(Cc1cccc2cccnc12)N1CCC[C@H](n2ccnc2)C1. The van der Waals surface area contributed by atoms with E-state index in [-0.39, 0.29) is 5.91 Å². The molecular formula is C19H20N4O. The molecule has 1 atom stereocenters. The summed E-state index contributed by atoms with van der Waals surface area (Å²) in [5.74, 6) is 0.179. The second kappa shape index (κ2) is 6.43. The summed E-state index contributed by atoms with van der Waals surface area (Å²) in [4.78, 5) is 23.4. The number of nitrogens with zero attached hydrogens (tertiary/aromatic N) is 4. The van der Waals surface area contributed by atoms with E-state index in [2.05, 4.69) is 14.5 Å². The van der Waals surface area contributed by atoms with Crippen LogP contribution in [0.5, 0.6) is 0 Å². The number of carbonyl (C=O) groups excluding carboxylic acids is 1. The summed E-state index contributed by atoms with van der Waals surface area (Å²) in [5, 5.41) is 1.08. The number of rotatable bonds is 3. The minimum atomic E-state index is 0.179. The number of pyridine rings is 1. The highest BCUT2D eigenvalue weighted by molar-refractivity contribution is 5.87. The molecule has 1 saturated heterocycles. The predicted octanol–water partition coefficient (Wildman–Crippen LogP) is 2.84. The van der Waals surface area contributed by atoms with Crippen LogP contribution < -0.4 is 0 Å². The molecule has 0 aliphatic carbocycles.